The molecule has 0 radical (unpaired) electrons. The number of nitrogens with one attached hydrogen (secondary N) is 3. The van der Waals surface area contributed by atoms with Gasteiger partial charge in [0, 0.05) is 25.7 Å². The first-order valence-electron chi connectivity index (χ1n) is 7.89. The van der Waals surface area contributed by atoms with Crippen LogP contribution < -0.4 is 16.0 Å². The Labute approximate surface area is 141 Å². The van der Waals surface area contributed by atoms with Crippen LogP contribution in [0.5, 0.6) is 0 Å². The highest BCUT2D eigenvalue weighted by atomic mass is 16.4. The van der Waals surface area contributed by atoms with Crippen LogP contribution in [0.1, 0.15) is 31.2 Å². The fourth-order valence-electron chi connectivity index (χ4n) is 1.90. The molecule has 0 aliphatic carbocycles. The van der Waals surface area contributed by atoms with Gasteiger partial charge < -0.3 is 21.1 Å². The van der Waals surface area contributed by atoms with Gasteiger partial charge in [-0.15, -0.1) is 0 Å². The van der Waals surface area contributed by atoms with E-state index in [1.165, 1.54) is 0 Å². The van der Waals surface area contributed by atoms with Gasteiger partial charge in [-0.3, -0.25) is 14.4 Å². The molecule has 0 spiro atoms. The first-order chi connectivity index (χ1) is 11.5. The summed E-state index contributed by atoms with van der Waals surface area (Å²) in [6.07, 6.45) is 3.46. The fraction of sp³-hybridized carbons (Fsp3) is 0.500. The first kappa shape index (κ1) is 19.4. The van der Waals surface area contributed by atoms with Crippen molar-refractivity contribution in [2.75, 3.05) is 25.0 Å². The number of nitrogens with zero attached hydrogens (tertiary/aromatic N) is 1. The summed E-state index contributed by atoms with van der Waals surface area (Å²) in [7, 11) is 0. The molecule has 1 rings (SSSR count). The molecule has 1 aromatic heterocycles. The Morgan fingerprint density at radius 1 is 1.08 bits per heavy atom. The lowest BCUT2D eigenvalue weighted by Gasteiger charge is -2.07. The van der Waals surface area contributed by atoms with E-state index in [1.807, 2.05) is 19.1 Å². The van der Waals surface area contributed by atoms with E-state index in [0.29, 0.717) is 12.8 Å². The van der Waals surface area contributed by atoms with Gasteiger partial charge in [0.05, 0.1) is 13.0 Å². The number of carboxylic acid groups (broad SMARTS) is 1. The lowest BCUT2D eigenvalue weighted by Crippen LogP contribution is -2.37. The summed E-state index contributed by atoms with van der Waals surface area (Å²) < 4.78 is 0. The van der Waals surface area contributed by atoms with E-state index >= 15 is 0 Å². The highest BCUT2D eigenvalue weighted by Crippen LogP contribution is 2.05. The van der Waals surface area contributed by atoms with Gasteiger partial charge in [-0.05, 0) is 37.5 Å². The van der Waals surface area contributed by atoms with E-state index in [0.717, 1.165) is 24.3 Å². The molecule has 0 aliphatic rings. The summed E-state index contributed by atoms with van der Waals surface area (Å²) in [5.41, 5.74) is 1.13. The average Bonchev–Trinajstić information content (AvgIpc) is 2.52. The Hall–Kier alpha value is -2.64. The molecular weight excluding hydrogens is 312 g/mol. The molecule has 0 aromatic carbocycles. The molecule has 0 bridgehead atoms. The van der Waals surface area contributed by atoms with Crippen LogP contribution >= 0.6 is 0 Å². The molecule has 24 heavy (non-hydrogen) atoms. The molecular formula is C16H24N4O4. The van der Waals surface area contributed by atoms with Gasteiger partial charge in [-0.25, -0.2) is 4.98 Å². The molecule has 8 nitrogen and oxygen atoms in total. The highest BCUT2D eigenvalue weighted by Gasteiger charge is 2.06. The van der Waals surface area contributed by atoms with E-state index in [9.17, 15) is 14.4 Å². The van der Waals surface area contributed by atoms with E-state index in [4.69, 9.17) is 5.11 Å². The number of rotatable bonds is 11. The minimum Gasteiger partial charge on any atom is -0.481 e. The Kier molecular flexibility index (Phi) is 8.88. The lowest BCUT2D eigenvalue weighted by atomic mass is 10.2. The highest BCUT2D eigenvalue weighted by molar-refractivity contribution is 5.84. The summed E-state index contributed by atoms with van der Waals surface area (Å²) in [5, 5.41) is 16.6. The molecule has 1 heterocycles. The third-order valence-electron chi connectivity index (χ3n) is 3.16. The molecule has 0 unspecified atom stereocenters. The number of aliphatic carboxylic acids is 1. The number of carboxylic acids is 1. The van der Waals surface area contributed by atoms with Crippen molar-refractivity contribution in [3.8, 4) is 0 Å². The number of aryl methyl sites for hydroxylation is 1. The fourth-order valence-corrected chi connectivity index (χ4v) is 1.90. The van der Waals surface area contributed by atoms with E-state index < -0.39 is 11.9 Å². The van der Waals surface area contributed by atoms with Crippen LogP contribution in [0, 0.1) is 6.92 Å². The normalized spacial score (nSPS) is 10.0. The zero-order valence-electron chi connectivity index (χ0n) is 13.8. The predicted molar refractivity (Wildman–Crippen MR) is 89.6 cm³/mol. The van der Waals surface area contributed by atoms with Crippen LogP contribution in [-0.2, 0) is 14.4 Å². The van der Waals surface area contributed by atoms with E-state index in [1.54, 1.807) is 6.20 Å². The molecule has 4 N–H and O–H groups in total. The van der Waals surface area contributed by atoms with Crippen molar-refractivity contribution in [1.82, 2.24) is 15.6 Å². The zero-order chi connectivity index (χ0) is 17.8. The van der Waals surface area contributed by atoms with Crippen molar-refractivity contribution in [3.05, 3.63) is 23.9 Å². The maximum absolute atomic E-state index is 11.6. The van der Waals surface area contributed by atoms with Crippen molar-refractivity contribution >= 4 is 23.6 Å². The van der Waals surface area contributed by atoms with Crippen molar-refractivity contribution < 1.29 is 19.5 Å². The van der Waals surface area contributed by atoms with Crippen LogP contribution in [0.2, 0.25) is 0 Å². The third kappa shape index (κ3) is 9.39. The lowest BCUT2D eigenvalue weighted by molar-refractivity contribution is -0.137. The standard InChI is InChI=1S/C16H24N4O4/c1-12-5-8-18-13(10-12)17-7-3-2-4-14(21)20-11-15(22)19-9-6-16(23)24/h5,8,10H,2-4,6-7,9,11H2,1H3,(H,17,18)(H,19,22)(H,20,21)(H,23,24). The van der Waals surface area contributed by atoms with Crippen LogP contribution in [0.4, 0.5) is 5.82 Å². The SMILES string of the molecule is Cc1ccnc(NCCCCC(=O)NCC(=O)NCCC(=O)O)c1. The summed E-state index contributed by atoms with van der Waals surface area (Å²) in [5.74, 6) is -0.750. The molecule has 2 amide bonds. The van der Waals surface area contributed by atoms with Gasteiger partial charge in [0.2, 0.25) is 11.8 Å². The second-order valence-corrected chi connectivity index (χ2v) is 5.37. The number of carbonyl (C=O) groups is 3. The molecule has 8 heteroatoms. The number of pyridine rings is 1. The zero-order valence-corrected chi connectivity index (χ0v) is 13.8. The average molecular weight is 336 g/mol. The Morgan fingerprint density at radius 3 is 2.58 bits per heavy atom. The smallest absolute Gasteiger partial charge is 0.305 e. The molecule has 0 aliphatic heterocycles. The number of amides is 2. The monoisotopic (exact) mass is 336 g/mol. The maximum atomic E-state index is 11.6. The molecule has 1 aromatic rings. The largest absolute Gasteiger partial charge is 0.481 e. The van der Waals surface area contributed by atoms with Gasteiger partial charge in [-0.2, -0.15) is 0 Å². The second kappa shape index (κ2) is 11.0. The molecule has 0 saturated heterocycles. The Morgan fingerprint density at radius 2 is 1.88 bits per heavy atom. The number of hydrogen-bond donors (Lipinski definition) is 4. The van der Waals surface area contributed by atoms with Crippen LogP contribution in [0.3, 0.4) is 0 Å². The van der Waals surface area contributed by atoms with E-state index in [2.05, 4.69) is 20.9 Å². The van der Waals surface area contributed by atoms with Crippen molar-refractivity contribution in [2.24, 2.45) is 0 Å². The Bertz CT molecular complexity index is 563. The number of aromatic nitrogens is 1. The summed E-state index contributed by atoms with van der Waals surface area (Å²) in [6.45, 7) is 2.64. The number of carbonyl (C=O) groups excluding carboxylic acids is 2. The minimum atomic E-state index is -0.978. The Balaban J connectivity index is 2.03. The third-order valence-corrected chi connectivity index (χ3v) is 3.16. The molecule has 132 valence electrons. The van der Waals surface area contributed by atoms with E-state index in [-0.39, 0.29) is 25.4 Å². The topological polar surface area (TPSA) is 120 Å². The number of anilines is 1. The van der Waals surface area contributed by atoms with Crippen LogP contribution in [0.25, 0.3) is 0 Å². The van der Waals surface area contributed by atoms with Crippen molar-refractivity contribution in [2.45, 2.75) is 32.6 Å². The molecule has 0 saturated carbocycles. The van der Waals surface area contributed by atoms with Gasteiger partial charge in [0.15, 0.2) is 0 Å². The van der Waals surface area contributed by atoms with Crippen LogP contribution in [-0.4, -0.2) is 47.5 Å². The van der Waals surface area contributed by atoms with Gasteiger partial charge in [-0.1, -0.05) is 0 Å². The quantitative estimate of drug-likeness (QED) is 0.441. The number of hydrogen-bond acceptors (Lipinski definition) is 5. The molecule has 0 atom stereocenters. The van der Waals surface area contributed by atoms with Crippen molar-refractivity contribution in [3.63, 3.8) is 0 Å². The summed E-state index contributed by atoms with van der Waals surface area (Å²) in [6, 6.07) is 3.88. The minimum absolute atomic E-state index is 0.0582. The maximum Gasteiger partial charge on any atom is 0.305 e. The first-order valence-corrected chi connectivity index (χ1v) is 7.89. The van der Waals surface area contributed by atoms with Gasteiger partial charge >= 0.3 is 5.97 Å². The summed E-state index contributed by atoms with van der Waals surface area (Å²) in [4.78, 5) is 37.4. The van der Waals surface area contributed by atoms with Gasteiger partial charge in [0.1, 0.15) is 5.82 Å². The molecule has 0 fully saturated rings. The summed E-state index contributed by atoms with van der Waals surface area (Å²) >= 11 is 0. The van der Waals surface area contributed by atoms with Crippen molar-refractivity contribution in [1.29, 1.82) is 0 Å². The number of unbranched alkanes of at least 4 members (excludes halogenated alkanes) is 1. The predicted octanol–water partition coefficient (Wildman–Crippen LogP) is 0.679. The van der Waals surface area contributed by atoms with Crippen LogP contribution in [0.15, 0.2) is 18.3 Å². The van der Waals surface area contributed by atoms with Gasteiger partial charge in [0.25, 0.3) is 0 Å². The second-order valence-electron chi connectivity index (χ2n) is 5.37.